The summed E-state index contributed by atoms with van der Waals surface area (Å²) in [6.07, 6.45) is 2.19. The Hall–Kier alpha value is -2.50. The topological polar surface area (TPSA) is 68.2 Å². The molecule has 0 radical (unpaired) electrons. The van der Waals surface area contributed by atoms with E-state index in [2.05, 4.69) is 10.5 Å². The number of hydrazone groups is 1. The summed E-state index contributed by atoms with van der Waals surface area (Å²) in [6.45, 7) is 0.334. The van der Waals surface area contributed by atoms with Crippen LogP contribution in [0.5, 0.6) is 0 Å². The van der Waals surface area contributed by atoms with Gasteiger partial charge in [0.25, 0.3) is 0 Å². The third-order valence-corrected chi connectivity index (χ3v) is 2.73. The molecule has 0 saturated carbocycles. The Bertz CT molecular complexity index is 538. The van der Waals surface area contributed by atoms with E-state index in [0.717, 1.165) is 11.3 Å². The fourth-order valence-electron chi connectivity index (χ4n) is 1.93. The van der Waals surface area contributed by atoms with Gasteiger partial charge in [-0.25, -0.2) is 4.79 Å². The summed E-state index contributed by atoms with van der Waals surface area (Å²) in [6, 6.07) is 7.66. The molecule has 2 heterocycles. The predicted molar refractivity (Wildman–Crippen MR) is 62.2 cm³/mol. The number of carbonyl (C=O) groups is 1. The third-order valence-electron chi connectivity index (χ3n) is 2.73. The van der Waals surface area contributed by atoms with Crippen LogP contribution >= 0.6 is 0 Å². The van der Waals surface area contributed by atoms with E-state index < -0.39 is 6.09 Å². The highest BCUT2D eigenvalue weighted by Crippen LogP contribution is 2.28. The van der Waals surface area contributed by atoms with Gasteiger partial charge in [-0.15, -0.1) is 0 Å². The van der Waals surface area contributed by atoms with Crippen molar-refractivity contribution in [3.63, 3.8) is 0 Å². The Morgan fingerprint density at radius 3 is 3.06 bits per heavy atom. The van der Waals surface area contributed by atoms with E-state index in [9.17, 15) is 4.79 Å². The number of anilines is 1. The Morgan fingerprint density at radius 1 is 1.41 bits per heavy atom. The van der Waals surface area contributed by atoms with E-state index in [0.29, 0.717) is 12.4 Å². The van der Waals surface area contributed by atoms with Crippen LogP contribution in [0.25, 0.3) is 0 Å². The van der Waals surface area contributed by atoms with E-state index in [1.165, 1.54) is 11.1 Å². The smallest absolute Gasteiger partial charge is 0.411 e. The van der Waals surface area contributed by atoms with Gasteiger partial charge in [0.15, 0.2) is 0 Å². The Kier molecular flexibility index (Phi) is 2.01. The van der Waals surface area contributed by atoms with Crippen LogP contribution in [0.15, 0.2) is 41.4 Å². The predicted octanol–water partition coefficient (Wildman–Crippen LogP) is 1.33. The van der Waals surface area contributed by atoms with Gasteiger partial charge in [0, 0.05) is 0 Å². The highest BCUT2D eigenvalue weighted by Gasteiger charge is 2.25. The van der Waals surface area contributed by atoms with Gasteiger partial charge in [0.2, 0.25) is 0 Å². The van der Waals surface area contributed by atoms with Crippen LogP contribution in [0, 0.1) is 0 Å². The van der Waals surface area contributed by atoms with Crippen molar-refractivity contribution in [2.24, 2.45) is 5.10 Å². The van der Waals surface area contributed by atoms with Gasteiger partial charge in [0.1, 0.15) is 12.2 Å². The van der Waals surface area contributed by atoms with Crippen LogP contribution in [-0.4, -0.2) is 22.4 Å². The van der Waals surface area contributed by atoms with E-state index in [1.807, 2.05) is 29.2 Å². The van der Waals surface area contributed by atoms with Crippen LogP contribution in [0.3, 0.4) is 0 Å². The van der Waals surface area contributed by atoms with E-state index in [1.54, 1.807) is 6.34 Å². The largest absolute Gasteiger partial charge is 0.465 e. The zero-order chi connectivity index (χ0) is 11.8. The second kappa shape index (κ2) is 3.51. The second-order valence-corrected chi connectivity index (χ2v) is 3.78. The molecule has 0 spiro atoms. The van der Waals surface area contributed by atoms with Crippen molar-refractivity contribution in [3.8, 4) is 0 Å². The number of nitrogens with one attached hydrogen (secondary N) is 1. The lowest BCUT2D eigenvalue weighted by molar-refractivity contribution is 0.161. The van der Waals surface area contributed by atoms with Gasteiger partial charge in [0.05, 0.1) is 18.4 Å². The van der Waals surface area contributed by atoms with E-state index in [-0.39, 0.29) is 0 Å². The van der Waals surface area contributed by atoms with E-state index in [4.69, 9.17) is 5.11 Å². The van der Waals surface area contributed by atoms with Gasteiger partial charge in [-0.05, 0) is 11.6 Å². The van der Waals surface area contributed by atoms with Gasteiger partial charge >= 0.3 is 6.09 Å². The monoisotopic (exact) mass is 230 g/mol. The number of para-hydroxylation sites is 1. The summed E-state index contributed by atoms with van der Waals surface area (Å²) in [5.41, 5.74) is 4.66. The molecule has 2 aliphatic heterocycles. The van der Waals surface area contributed by atoms with Gasteiger partial charge in [-0.2, -0.15) is 5.10 Å². The number of rotatable bonds is 0. The van der Waals surface area contributed by atoms with Crippen LogP contribution in [0.4, 0.5) is 10.5 Å². The van der Waals surface area contributed by atoms with Crippen molar-refractivity contribution in [3.05, 3.63) is 41.8 Å². The van der Waals surface area contributed by atoms with Crippen LogP contribution in [-0.2, 0) is 6.54 Å². The first-order valence-electron chi connectivity index (χ1n) is 5.13. The molecule has 86 valence electrons. The maximum absolute atomic E-state index is 11.1. The number of fused-ring (bicyclic) bond motifs is 3. The molecule has 6 nitrogen and oxygen atoms in total. The normalized spacial score (nSPS) is 16.8. The molecule has 1 aromatic carbocycles. The lowest BCUT2D eigenvalue weighted by Crippen LogP contribution is -2.25. The second-order valence-electron chi connectivity index (χ2n) is 3.78. The van der Waals surface area contributed by atoms with Crippen molar-refractivity contribution in [1.82, 2.24) is 10.3 Å². The lowest BCUT2D eigenvalue weighted by atomic mass is 10.1. The average Bonchev–Trinajstić information content (AvgIpc) is 2.71. The first-order chi connectivity index (χ1) is 8.25. The van der Waals surface area contributed by atoms with Gasteiger partial charge in [-0.3, -0.25) is 15.2 Å². The summed E-state index contributed by atoms with van der Waals surface area (Å²) >= 11 is 0. The molecule has 3 rings (SSSR count). The lowest BCUT2D eigenvalue weighted by Gasteiger charge is -2.15. The van der Waals surface area contributed by atoms with Crippen molar-refractivity contribution >= 4 is 18.1 Å². The summed E-state index contributed by atoms with van der Waals surface area (Å²) in [7, 11) is 0. The summed E-state index contributed by atoms with van der Waals surface area (Å²) in [5.74, 6) is 0.636. The minimum absolute atomic E-state index is 0.334. The van der Waals surface area contributed by atoms with Crippen molar-refractivity contribution in [1.29, 1.82) is 0 Å². The van der Waals surface area contributed by atoms with Gasteiger partial charge in [-0.1, -0.05) is 18.2 Å². The quantitative estimate of drug-likeness (QED) is 0.705. The highest BCUT2D eigenvalue weighted by atomic mass is 16.4. The van der Waals surface area contributed by atoms with Crippen LogP contribution in [0.1, 0.15) is 5.56 Å². The molecular weight excluding hydrogens is 220 g/mol. The molecule has 2 N–H and O–H groups in total. The standard InChI is InChI=1S/C11H10N4O2/c16-11(17)14-5-8-3-1-2-4-9(8)15-7-12-13-10(15)6-14/h1-4,6-7,13H,5H2,(H,16,17). The number of benzene rings is 1. The average molecular weight is 230 g/mol. The SMILES string of the molecule is O=C(O)N1C=C2NN=CN2c2ccccc2C1. The number of amides is 1. The molecule has 0 atom stereocenters. The molecule has 0 bridgehead atoms. The Labute approximate surface area is 97.4 Å². The van der Waals surface area contributed by atoms with Crippen LogP contribution < -0.4 is 10.3 Å². The molecule has 2 aliphatic rings. The molecule has 0 aromatic heterocycles. The fourth-order valence-corrected chi connectivity index (χ4v) is 1.93. The first-order valence-corrected chi connectivity index (χ1v) is 5.13. The summed E-state index contributed by atoms with van der Waals surface area (Å²) < 4.78 is 0. The zero-order valence-electron chi connectivity index (χ0n) is 8.87. The Balaban J connectivity index is 2.13. The molecule has 17 heavy (non-hydrogen) atoms. The molecule has 0 saturated heterocycles. The minimum atomic E-state index is -0.983. The molecule has 1 amide bonds. The minimum Gasteiger partial charge on any atom is -0.465 e. The molecule has 6 heteroatoms. The van der Waals surface area contributed by atoms with Crippen LogP contribution in [0.2, 0.25) is 0 Å². The van der Waals surface area contributed by atoms with Crippen molar-refractivity contribution in [2.75, 3.05) is 4.90 Å². The molecule has 0 fully saturated rings. The van der Waals surface area contributed by atoms with Gasteiger partial charge < -0.3 is 5.11 Å². The molecule has 1 aromatic rings. The number of hydrogen-bond acceptors (Lipinski definition) is 4. The number of nitrogens with zero attached hydrogens (tertiary/aromatic N) is 3. The van der Waals surface area contributed by atoms with Crippen molar-refractivity contribution < 1.29 is 9.90 Å². The first kappa shape index (κ1) is 9.71. The molecular formula is C11H10N4O2. The maximum Gasteiger partial charge on any atom is 0.411 e. The molecule has 0 aliphatic carbocycles. The number of carboxylic acid groups (broad SMARTS) is 1. The summed E-state index contributed by atoms with van der Waals surface area (Å²) in [4.78, 5) is 14.2. The fraction of sp³-hybridized carbons (Fsp3) is 0.0909. The third kappa shape index (κ3) is 1.50. The highest BCUT2D eigenvalue weighted by molar-refractivity contribution is 5.87. The Morgan fingerprint density at radius 2 is 2.24 bits per heavy atom. The number of hydrogen-bond donors (Lipinski definition) is 2. The summed E-state index contributed by atoms with van der Waals surface area (Å²) in [5, 5.41) is 13.0. The molecule has 0 unspecified atom stereocenters. The van der Waals surface area contributed by atoms with E-state index >= 15 is 0 Å². The zero-order valence-corrected chi connectivity index (χ0v) is 8.87. The van der Waals surface area contributed by atoms with Crippen molar-refractivity contribution in [2.45, 2.75) is 6.54 Å². The maximum atomic E-state index is 11.1.